The molecule has 0 spiro atoms. The first-order valence-corrected chi connectivity index (χ1v) is 9.17. The molecule has 144 valence electrons. The fraction of sp³-hybridized carbons (Fsp3) is 0.286. The van der Waals surface area contributed by atoms with Crippen LogP contribution in [0.1, 0.15) is 15.9 Å². The molecule has 0 saturated carbocycles. The number of methoxy groups -OCH3 is 1. The molecule has 4 rings (SSSR count). The van der Waals surface area contributed by atoms with Crippen molar-refractivity contribution in [3.05, 3.63) is 65.7 Å². The number of hydrogen-bond donors (Lipinski definition) is 0. The van der Waals surface area contributed by atoms with Crippen molar-refractivity contribution in [2.75, 3.05) is 26.7 Å². The molecule has 2 heterocycles. The first-order valence-electron chi connectivity index (χ1n) is 9.17. The van der Waals surface area contributed by atoms with Gasteiger partial charge in [-0.3, -0.25) is 14.5 Å². The molecule has 2 saturated heterocycles. The first-order chi connectivity index (χ1) is 13.6. The summed E-state index contributed by atoms with van der Waals surface area (Å²) in [6.07, 6.45) is 0. The van der Waals surface area contributed by atoms with Crippen LogP contribution < -0.4 is 4.74 Å². The number of benzene rings is 2. The molecule has 2 aromatic rings. The molecule has 2 aliphatic rings. The molecule has 2 fully saturated rings. The number of rotatable bonds is 4. The molecule has 0 N–H and O–H groups in total. The largest absolute Gasteiger partial charge is 0.497 e. The molecule has 2 aromatic carbocycles. The fourth-order valence-corrected chi connectivity index (χ4v) is 3.66. The lowest BCUT2D eigenvalue weighted by molar-refractivity contribution is -0.129. The van der Waals surface area contributed by atoms with Gasteiger partial charge in [0.1, 0.15) is 11.8 Å². The molecule has 7 nitrogen and oxygen atoms in total. The van der Waals surface area contributed by atoms with Gasteiger partial charge in [0, 0.05) is 18.7 Å². The van der Waals surface area contributed by atoms with Gasteiger partial charge in [-0.05, 0) is 29.8 Å². The summed E-state index contributed by atoms with van der Waals surface area (Å²) in [5, 5.41) is 0. The number of urea groups is 1. The molecule has 28 heavy (non-hydrogen) atoms. The average molecular weight is 379 g/mol. The number of piperazine rings is 1. The zero-order valence-corrected chi connectivity index (χ0v) is 15.6. The summed E-state index contributed by atoms with van der Waals surface area (Å²) in [4.78, 5) is 42.8. The van der Waals surface area contributed by atoms with Crippen LogP contribution >= 0.6 is 0 Å². The zero-order chi connectivity index (χ0) is 19.7. The molecule has 7 heteroatoms. The Morgan fingerprint density at radius 2 is 1.75 bits per heavy atom. The van der Waals surface area contributed by atoms with E-state index >= 15 is 0 Å². The van der Waals surface area contributed by atoms with Crippen molar-refractivity contribution in [3.8, 4) is 5.75 Å². The van der Waals surface area contributed by atoms with E-state index in [-0.39, 0.29) is 30.9 Å². The standard InChI is InChI=1S/C21H21N3O4/c1-28-17-9-7-16(8-10-17)19(25)22-11-12-23-18(14-22)20(26)24(21(23)27)13-15-5-3-2-4-6-15/h2-10,18H,11-14H2,1H3. The highest BCUT2D eigenvalue weighted by Gasteiger charge is 2.48. The highest BCUT2D eigenvalue weighted by molar-refractivity contribution is 6.05. The Morgan fingerprint density at radius 1 is 1.04 bits per heavy atom. The highest BCUT2D eigenvalue weighted by atomic mass is 16.5. The van der Waals surface area contributed by atoms with E-state index in [1.165, 1.54) is 4.90 Å². The molecule has 1 unspecified atom stereocenters. The van der Waals surface area contributed by atoms with Crippen LogP contribution in [0.3, 0.4) is 0 Å². The summed E-state index contributed by atoms with van der Waals surface area (Å²) < 4.78 is 5.12. The third kappa shape index (κ3) is 3.19. The Hall–Kier alpha value is -3.35. The predicted octanol–water partition coefficient (Wildman–Crippen LogP) is 1.98. The predicted molar refractivity (Wildman–Crippen MR) is 102 cm³/mol. The lowest BCUT2D eigenvalue weighted by atomic mass is 10.1. The third-order valence-electron chi connectivity index (χ3n) is 5.22. The molecule has 2 aliphatic heterocycles. The Bertz CT molecular complexity index is 898. The maximum Gasteiger partial charge on any atom is 0.327 e. The monoisotopic (exact) mass is 379 g/mol. The molecular formula is C21H21N3O4. The minimum Gasteiger partial charge on any atom is -0.497 e. The SMILES string of the molecule is COc1ccc(C(=O)N2CCN3C(=O)N(Cc4ccccc4)C(=O)C3C2)cc1. The summed E-state index contributed by atoms with van der Waals surface area (Å²) >= 11 is 0. The highest BCUT2D eigenvalue weighted by Crippen LogP contribution is 2.25. The van der Waals surface area contributed by atoms with Gasteiger partial charge in [0.25, 0.3) is 11.8 Å². The second kappa shape index (κ2) is 7.34. The number of amides is 4. The van der Waals surface area contributed by atoms with Gasteiger partial charge >= 0.3 is 6.03 Å². The Labute approximate surface area is 163 Å². The summed E-state index contributed by atoms with van der Waals surface area (Å²) in [6, 6.07) is 15.4. The van der Waals surface area contributed by atoms with Crippen molar-refractivity contribution < 1.29 is 19.1 Å². The van der Waals surface area contributed by atoms with Gasteiger partial charge in [-0.1, -0.05) is 30.3 Å². The summed E-state index contributed by atoms with van der Waals surface area (Å²) in [6.45, 7) is 1.21. The van der Waals surface area contributed by atoms with Crippen LogP contribution in [0, 0.1) is 0 Å². The van der Waals surface area contributed by atoms with Crippen molar-refractivity contribution in [1.29, 1.82) is 0 Å². The fourth-order valence-electron chi connectivity index (χ4n) is 3.66. The van der Waals surface area contributed by atoms with E-state index in [1.54, 1.807) is 41.2 Å². The van der Waals surface area contributed by atoms with Crippen molar-refractivity contribution in [2.45, 2.75) is 12.6 Å². The van der Waals surface area contributed by atoms with Crippen LogP contribution in [0.25, 0.3) is 0 Å². The molecule has 4 amide bonds. The second-order valence-corrected chi connectivity index (χ2v) is 6.88. The van der Waals surface area contributed by atoms with Crippen LogP contribution in [0.4, 0.5) is 4.79 Å². The molecule has 0 radical (unpaired) electrons. The molecule has 0 bridgehead atoms. The Morgan fingerprint density at radius 3 is 2.43 bits per heavy atom. The molecule has 0 aromatic heterocycles. The quantitative estimate of drug-likeness (QED) is 0.762. The molecule has 1 atom stereocenters. The number of hydrogen-bond acceptors (Lipinski definition) is 4. The summed E-state index contributed by atoms with van der Waals surface area (Å²) in [7, 11) is 1.57. The Kier molecular flexibility index (Phi) is 4.73. The van der Waals surface area contributed by atoms with E-state index in [4.69, 9.17) is 4.74 Å². The van der Waals surface area contributed by atoms with E-state index < -0.39 is 6.04 Å². The smallest absolute Gasteiger partial charge is 0.327 e. The minimum absolute atomic E-state index is 0.149. The molecule has 0 aliphatic carbocycles. The van der Waals surface area contributed by atoms with Crippen LogP contribution in [0.5, 0.6) is 5.75 Å². The maximum absolute atomic E-state index is 12.9. The lowest BCUT2D eigenvalue weighted by Crippen LogP contribution is -2.54. The maximum atomic E-state index is 12.9. The van der Waals surface area contributed by atoms with Crippen molar-refractivity contribution in [2.24, 2.45) is 0 Å². The van der Waals surface area contributed by atoms with E-state index in [2.05, 4.69) is 0 Å². The van der Waals surface area contributed by atoms with Crippen LogP contribution in [-0.2, 0) is 11.3 Å². The van der Waals surface area contributed by atoms with Crippen molar-refractivity contribution in [3.63, 3.8) is 0 Å². The first kappa shape index (κ1) is 18.0. The zero-order valence-electron chi connectivity index (χ0n) is 15.6. The number of carbonyl (C=O) groups is 3. The van der Waals surface area contributed by atoms with Crippen LogP contribution in [0.2, 0.25) is 0 Å². The van der Waals surface area contributed by atoms with Crippen LogP contribution in [0.15, 0.2) is 54.6 Å². The number of carbonyl (C=O) groups excluding carboxylic acids is 3. The van der Waals surface area contributed by atoms with Crippen molar-refractivity contribution >= 4 is 17.8 Å². The van der Waals surface area contributed by atoms with Gasteiger partial charge in [0.2, 0.25) is 0 Å². The lowest BCUT2D eigenvalue weighted by Gasteiger charge is -2.35. The van der Waals surface area contributed by atoms with Gasteiger partial charge in [0.05, 0.1) is 20.2 Å². The molecular weight excluding hydrogens is 358 g/mol. The third-order valence-corrected chi connectivity index (χ3v) is 5.22. The summed E-state index contributed by atoms with van der Waals surface area (Å²) in [5.74, 6) is 0.277. The van der Waals surface area contributed by atoms with Gasteiger partial charge in [0.15, 0.2) is 0 Å². The minimum atomic E-state index is -0.618. The number of nitrogens with zero attached hydrogens (tertiary/aromatic N) is 3. The van der Waals surface area contributed by atoms with Gasteiger partial charge in [-0.15, -0.1) is 0 Å². The van der Waals surface area contributed by atoms with Gasteiger partial charge in [-0.2, -0.15) is 0 Å². The van der Waals surface area contributed by atoms with E-state index in [0.29, 0.717) is 24.4 Å². The van der Waals surface area contributed by atoms with E-state index in [9.17, 15) is 14.4 Å². The van der Waals surface area contributed by atoms with Crippen LogP contribution in [-0.4, -0.2) is 65.3 Å². The number of ether oxygens (including phenoxy) is 1. The normalized spacial score (nSPS) is 19.0. The van der Waals surface area contributed by atoms with E-state index in [0.717, 1.165) is 5.56 Å². The van der Waals surface area contributed by atoms with Crippen molar-refractivity contribution in [1.82, 2.24) is 14.7 Å². The second-order valence-electron chi connectivity index (χ2n) is 6.88. The van der Waals surface area contributed by atoms with Gasteiger partial charge < -0.3 is 14.5 Å². The topological polar surface area (TPSA) is 70.2 Å². The van der Waals surface area contributed by atoms with E-state index in [1.807, 2.05) is 30.3 Å². The van der Waals surface area contributed by atoms with Gasteiger partial charge in [-0.25, -0.2) is 4.79 Å². The number of imide groups is 1. The Balaban J connectivity index is 1.47. The number of fused-ring (bicyclic) bond motifs is 1. The average Bonchev–Trinajstić information content (AvgIpc) is 2.98. The summed E-state index contributed by atoms with van der Waals surface area (Å²) in [5.41, 5.74) is 1.43.